The van der Waals surface area contributed by atoms with Crippen molar-refractivity contribution in [1.29, 1.82) is 0 Å². The van der Waals surface area contributed by atoms with Crippen molar-refractivity contribution in [3.05, 3.63) is 35.9 Å². The van der Waals surface area contributed by atoms with Crippen molar-refractivity contribution >= 4 is 0 Å². The van der Waals surface area contributed by atoms with Crippen molar-refractivity contribution in [3.8, 4) is 0 Å². The minimum Gasteiger partial charge on any atom is -0.316 e. The van der Waals surface area contributed by atoms with Crippen LogP contribution in [0.4, 0.5) is 0 Å². The van der Waals surface area contributed by atoms with Gasteiger partial charge in [-0.15, -0.1) is 0 Å². The van der Waals surface area contributed by atoms with Gasteiger partial charge < -0.3 is 5.32 Å². The molecule has 0 aliphatic carbocycles. The standard InChI is InChI=1S/C10H13N.CH4/c1-2-4-9(5-3-1)10-6-7-11-8-10;/h1-5,10-11H,6-8H2;1H4. The summed E-state index contributed by atoms with van der Waals surface area (Å²) in [6.45, 7) is 2.34. The summed E-state index contributed by atoms with van der Waals surface area (Å²) in [4.78, 5) is 0. The molecule has 1 atom stereocenters. The molecule has 1 fully saturated rings. The number of hydrogen-bond donors (Lipinski definition) is 1. The number of rotatable bonds is 1. The van der Waals surface area contributed by atoms with Crippen LogP contribution in [0.1, 0.15) is 25.3 Å². The molecule has 1 saturated heterocycles. The Hall–Kier alpha value is -0.820. The summed E-state index contributed by atoms with van der Waals surface area (Å²) in [5, 5.41) is 3.37. The highest BCUT2D eigenvalue weighted by molar-refractivity contribution is 5.20. The minimum atomic E-state index is 0. The van der Waals surface area contributed by atoms with Crippen molar-refractivity contribution in [2.75, 3.05) is 13.1 Å². The average molecular weight is 163 g/mol. The summed E-state index contributed by atoms with van der Waals surface area (Å²) >= 11 is 0. The minimum absolute atomic E-state index is 0. The van der Waals surface area contributed by atoms with Gasteiger partial charge in [-0.1, -0.05) is 37.8 Å². The van der Waals surface area contributed by atoms with E-state index in [0.717, 1.165) is 12.5 Å². The molecule has 0 aromatic heterocycles. The van der Waals surface area contributed by atoms with E-state index in [0.29, 0.717) is 0 Å². The lowest BCUT2D eigenvalue weighted by Gasteiger charge is -2.06. The molecule has 0 spiro atoms. The van der Waals surface area contributed by atoms with Crippen LogP contribution in [0.2, 0.25) is 0 Å². The van der Waals surface area contributed by atoms with Crippen molar-refractivity contribution < 1.29 is 0 Å². The third kappa shape index (κ3) is 1.86. The van der Waals surface area contributed by atoms with Crippen molar-refractivity contribution in [3.63, 3.8) is 0 Å². The van der Waals surface area contributed by atoms with Crippen LogP contribution >= 0.6 is 0 Å². The molecule has 1 aliphatic heterocycles. The number of nitrogens with one attached hydrogen (secondary N) is 1. The Labute approximate surface area is 74.8 Å². The van der Waals surface area contributed by atoms with E-state index in [1.165, 1.54) is 18.5 Å². The molecule has 0 bridgehead atoms. The van der Waals surface area contributed by atoms with Gasteiger partial charge in [0.1, 0.15) is 0 Å². The lowest BCUT2D eigenvalue weighted by molar-refractivity contribution is 0.763. The second-order valence-electron chi connectivity index (χ2n) is 3.10. The van der Waals surface area contributed by atoms with Crippen LogP contribution in [0.25, 0.3) is 0 Å². The highest BCUT2D eigenvalue weighted by Gasteiger charge is 2.15. The molecule has 0 saturated carbocycles. The predicted octanol–water partition coefficient (Wildman–Crippen LogP) is 2.40. The maximum atomic E-state index is 3.37. The summed E-state index contributed by atoms with van der Waals surface area (Å²) < 4.78 is 0. The lowest BCUT2D eigenvalue weighted by Crippen LogP contribution is -2.07. The van der Waals surface area contributed by atoms with Gasteiger partial charge in [0.05, 0.1) is 0 Å². The van der Waals surface area contributed by atoms with Gasteiger partial charge in [-0.25, -0.2) is 0 Å². The van der Waals surface area contributed by atoms with Gasteiger partial charge >= 0.3 is 0 Å². The Morgan fingerprint density at radius 1 is 1.17 bits per heavy atom. The summed E-state index contributed by atoms with van der Waals surface area (Å²) in [6, 6.07) is 10.8. The molecule has 1 heteroatoms. The molecule has 1 N–H and O–H groups in total. The molecular weight excluding hydrogens is 146 g/mol. The van der Waals surface area contributed by atoms with E-state index in [2.05, 4.69) is 35.6 Å². The summed E-state index contributed by atoms with van der Waals surface area (Å²) in [5.74, 6) is 0.760. The summed E-state index contributed by atoms with van der Waals surface area (Å²) in [5.41, 5.74) is 1.48. The molecule has 1 aromatic rings. The molecule has 2 rings (SSSR count). The van der Waals surface area contributed by atoms with Gasteiger partial charge in [0.2, 0.25) is 0 Å². The van der Waals surface area contributed by atoms with E-state index >= 15 is 0 Å². The Kier molecular flexibility index (Phi) is 3.30. The Balaban J connectivity index is 0.000000720. The largest absolute Gasteiger partial charge is 0.316 e. The maximum absolute atomic E-state index is 3.37. The normalized spacial score (nSPS) is 21.8. The number of benzene rings is 1. The van der Waals surface area contributed by atoms with Gasteiger partial charge in [0, 0.05) is 6.54 Å². The monoisotopic (exact) mass is 163 g/mol. The van der Waals surface area contributed by atoms with Gasteiger partial charge in [-0.05, 0) is 24.4 Å². The second-order valence-corrected chi connectivity index (χ2v) is 3.10. The van der Waals surface area contributed by atoms with Crippen LogP contribution in [-0.4, -0.2) is 13.1 Å². The van der Waals surface area contributed by atoms with Gasteiger partial charge in [0.25, 0.3) is 0 Å². The van der Waals surface area contributed by atoms with Crippen LogP contribution < -0.4 is 5.32 Å². The molecule has 1 aliphatic rings. The van der Waals surface area contributed by atoms with Gasteiger partial charge in [-0.2, -0.15) is 0 Å². The molecule has 0 amide bonds. The quantitative estimate of drug-likeness (QED) is 0.670. The van der Waals surface area contributed by atoms with E-state index in [-0.39, 0.29) is 7.43 Å². The maximum Gasteiger partial charge on any atom is 0.00206 e. The van der Waals surface area contributed by atoms with Crippen LogP contribution in [0.5, 0.6) is 0 Å². The van der Waals surface area contributed by atoms with Crippen LogP contribution in [0, 0.1) is 0 Å². The van der Waals surface area contributed by atoms with E-state index in [1.54, 1.807) is 0 Å². The molecule has 1 unspecified atom stereocenters. The number of hydrogen-bond acceptors (Lipinski definition) is 1. The fraction of sp³-hybridized carbons (Fsp3) is 0.455. The topological polar surface area (TPSA) is 12.0 Å². The first-order chi connectivity index (χ1) is 5.47. The zero-order valence-electron chi connectivity index (χ0n) is 6.59. The van der Waals surface area contributed by atoms with Gasteiger partial charge in [0.15, 0.2) is 0 Å². The fourth-order valence-electron chi connectivity index (χ4n) is 1.66. The molecule has 1 heterocycles. The molecule has 66 valence electrons. The van der Waals surface area contributed by atoms with Crippen molar-refractivity contribution in [1.82, 2.24) is 5.32 Å². The third-order valence-electron chi connectivity index (χ3n) is 2.33. The zero-order chi connectivity index (χ0) is 7.52. The summed E-state index contributed by atoms with van der Waals surface area (Å²) in [6.07, 6.45) is 1.30. The second kappa shape index (κ2) is 4.27. The van der Waals surface area contributed by atoms with Crippen LogP contribution in [0.15, 0.2) is 30.3 Å². The Morgan fingerprint density at radius 3 is 2.50 bits per heavy atom. The van der Waals surface area contributed by atoms with E-state index in [9.17, 15) is 0 Å². The van der Waals surface area contributed by atoms with E-state index in [1.807, 2.05) is 0 Å². The predicted molar refractivity (Wildman–Crippen MR) is 53.4 cm³/mol. The smallest absolute Gasteiger partial charge is 0.00206 e. The lowest BCUT2D eigenvalue weighted by atomic mass is 9.99. The molecule has 0 radical (unpaired) electrons. The first-order valence-electron chi connectivity index (χ1n) is 4.22. The Bertz CT molecular complexity index is 212. The first kappa shape index (κ1) is 9.27. The third-order valence-corrected chi connectivity index (χ3v) is 2.33. The van der Waals surface area contributed by atoms with Crippen molar-refractivity contribution in [2.45, 2.75) is 19.8 Å². The molecule has 1 nitrogen and oxygen atoms in total. The first-order valence-corrected chi connectivity index (χ1v) is 4.22. The fourth-order valence-corrected chi connectivity index (χ4v) is 1.66. The zero-order valence-corrected chi connectivity index (χ0v) is 6.59. The molecule has 12 heavy (non-hydrogen) atoms. The molecule has 1 aromatic carbocycles. The highest BCUT2D eigenvalue weighted by atomic mass is 14.9. The Morgan fingerprint density at radius 2 is 1.92 bits per heavy atom. The van der Waals surface area contributed by atoms with Gasteiger partial charge in [-0.3, -0.25) is 0 Å². The molecular formula is C11H17N. The van der Waals surface area contributed by atoms with Crippen LogP contribution in [-0.2, 0) is 0 Å². The van der Waals surface area contributed by atoms with Crippen LogP contribution in [0.3, 0.4) is 0 Å². The van der Waals surface area contributed by atoms with E-state index < -0.39 is 0 Å². The van der Waals surface area contributed by atoms with E-state index in [4.69, 9.17) is 0 Å². The summed E-state index contributed by atoms with van der Waals surface area (Å²) in [7, 11) is 0. The highest BCUT2D eigenvalue weighted by Crippen LogP contribution is 2.21. The average Bonchev–Trinajstić information content (AvgIpc) is 2.58. The SMILES string of the molecule is C.c1ccc(C2CCNC2)cc1. The van der Waals surface area contributed by atoms with Crippen molar-refractivity contribution in [2.24, 2.45) is 0 Å².